The third-order valence-corrected chi connectivity index (χ3v) is 5.23. The summed E-state index contributed by atoms with van der Waals surface area (Å²) >= 11 is 5.53. The predicted molar refractivity (Wildman–Crippen MR) is 79.5 cm³/mol. The van der Waals surface area contributed by atoms with Crippen molar-refractivity contribution in [2.45, 2.75) is 31.7 Å². The first kappa shape index (κ1) is 11.5. The van der Waals surface area contributed by atoms with E-state index < -0.39 is 0 Å². The maximum atomic E-state index is 5.53. The molecule has 2 fully saturated rings. The van der Waals surface area contributed by atoms with Crippen molar-refractivity contribution in [3.05, 3.63) is 41.3 Å². The van der Waals surface area contributed by atoms with Gasteiger partial charge >= 0.3 is 0 Å². The van der Waals surface area contributed by atoms with Gasteiger partial charge in [-0.25, -0.2) is 0 Å². The van der Waals surface area contributed by atoms with Gasteiger partial charge in [0.25, 0.3) is 0 Å². The van der Waals surface area contributed by atoms with Crippen molar-refractivity contribution in [3.63, 3.8) is 0 Å². The van der Waals surface area contributed by atoms with E-state index in [1.165, 1.54) is 36.9 Å². The van der Waals surface area contributed by atoms with E-state index in [0.29, 0.717) is 6.04 Å². The van der Waals surface area contributed by atoms with Crippen LogP contribution in [-0.2, 0) is 0 Å². The molecule has 2 nitrogen and oxygen atoms in total. The second kappa shape index (κ2) is 4.34. The van der Waals surface area contributed by atoms with Crippen molar-refractivity contribution >= 4 is 12.2 Å². The first-order valence-electron chi connectivity index (χ1n) is 7.18. The summed E-state index contributed by atoms with van der Waals surface area (Å²) < 4.78 is 3.27. The molecular weight excluding hydrogens is 252 g/mol. The maximum absolute atomic E-state index is 5.53. The van der Waals surface area contributed by atoms with Gasteiger partial charge in [0.1, 0.15) is 0 Å². The molecule has 1 N–H and O–H groups in total. The summed E-state index contributed by atoms with van der Waals surface area (Å²) in [5.74, 6) is 1.78. The van der Waals surface area contributed by atoms with E-state index in [0.717, 1.165) is 16.6 Å². The number of aromatic amines is 1. The molecule has 1 aromatic carbocycles. The molecule has 2 aliphatic rings. The molecule has 0 amide bonds. The smallest absolute Gasteiger partial charge is 0.177 e. The van der Waals surface area contributed by atoms with Gasteiger partial charge in [-0.2, -0.15) is 0 Å². The van der Waals surface area contributed by atoms with Crippen molar-refractivity contribution in [1.82, 2.24) is 9.55 Å². The average Bonchev–Trinajstić information content (AvgIpc) is 3.14. The maximum Gasteiger partial charge on any atom is 0.177 e. The fourth-order valence-electron chi connectivity index (χ4n) is 4.07. The summed E-state index contributed by atoms with van der Waals surface area (Å²) in [5.41, 5.74) is 2.51. The van der Waals surface area contributed by atoms with Gasteiger partial charge < -0.3 is 9.55 Å². The Morgan fingerprint density at radius 1 is 1.11 bits per heavy atom. The minimum absolute atomic E-state index is 0.618. The summed E-state index contributed by atoms with van der Waals surface area (Å²) in [7, 11) is 0. The fourth-order valence-corrected chi connectivity index (χ4v) is 4.36. The van der Waals surface area contributed by atoms with Gasteiger partial charge in [-0.1, -0.05) is 36.8 Å². The Labute approximate surface area is 118 Å². The number of hydrogen-bond acceptors (Lipinski definition) is 1. The summed E-state index contributed by atoms with van der Waals surface area (Å²) in [6, 6.07) is 11.2. The first-order chi connectivity index (χ1) is 9.33. The number of rotatable bonds is 2. The second-order valence-corrected chi connectivity index (χ2v) is 6.34. The molecular formula is C16H18N2S. The van der Waals surface area contributed by atoms with Crippen LogP contribution in [0.5, 0.6) is 0 Å². The van der Waals surface area contributed by atoms with Crippen LogP contribution < -0.4 is 0 Å². The third kappa shape index (κ3) is 1.79. The van der Waals surface area contributed by atoms with Crippen LogP contribution >= 0.6 is 12.2 Å². The van der Waals surface area contributed by atoms with Crippen molar-refractivity contribution in [2.75, 3.05) is 0 Å². The summed E-state index contributed by atoms with van der Waals surface area (Å²) in [5, 5.41) is 0. The Morgan fingerprint density at radius 2 is 1.95 bits per heavy atom. The predicted octanol–water partition coefficient (Wildman–Crippen LogP) is 4.57. The molecule has 2 saturated carbocycles. The standard InChI is InChI=1S/C16H18N2S/c19-16-17-10-15(12-4-2-1-3-5-12)18(16)14-9-11-6-7-13(14)8-11/h1-5,10-11,13-14H,6-9H2,(H,17,19). The van der Waals surface area contributed by atoms with Crippen LogP contribution in [-0.4, -0.2) is 9.55 Å². The summed E-state index contributed by atoms with van der Waals surface area (Å²) in [6.45, 7) is 0. The number of fused-ring (bicyclic) bond motifs is 2. The lowest BCUT2D eigenvalue weighted by Gasteiger charge is -2.25. The molecule has 4 rings (SSSR count). The largest absolute Gasteiger partial charge is 0.337 e. The Hall–Kier alpha value is -1.35. The van der Waals surface area contributed by atoms with Crippen molar-refractivity contribution in [2.24, 2.45) is 11.8 Å². The lowest BCUT2D eigenvalue weighted by atomic mass is 9.94. The van der Waals surface area contributed by atoms with Crippen LogP contribution in [0, 0.1) is 16.6 Å². The number of nitrogens with one attached hydrogen (secondary N) is 1. The zero-order chi connectivity index (χ0) is 12.8. The van der Waals surface area contributed by atoms with E-state index in [1.807, 2.05) is 0 Å². The lowest BCUT2D eigenvalue weighted by molar-refractivity contribution is 0.329. The Morgan fingerprint density at radius 3 is 2.63 bits per heavy atom. The van der Waals surface area contributed by atoms with E-state index in [1.54, 1.807) is 0 Å². The van der Waals surface area contributed by atoms with Gasteiger partial charge in [0.15, 0.2) is 4.77 Å². The highest BCUT2D eigenvalue weighted by atomic mass is 32.1. The highest BCUT2D eigenvalue weighted by Crippen LogP contribution is 2.51. The number of hydrogen-bond donors (Lipinski definition) is 1. The molecule has 0 radical (unpaired) electrons. The van der Waals surface area contributed by atoms with Crippen LogP contribution in [0.1, 0.15) is 31.7 Å². The Bertz CT molecular complexity index is 640. The van der Waals surface area contributed by atoms with Gasteiger partial charge in [-0.15, -0.1) is 0 Å². The molecule has 3 unspecified atom stereocenters. The number of benzene rings is 1. The van der Waals surface area contributed by atoms with Crippen molar-refractivity contribution < 1.29 is 0 Å². The molecule has 3 atom stereocenters. The van der Waals surface area contributed by atoms with Crippen LogP contribution in [0.2, 0.25) is 0 Å². The van der Waals surface area contributed by atoms with Gasteiger partial charge in [0.2, 0.25) is 0 Å². The van der Waals surface area contributed by atoms with E-state index in [-0.39, 0.29) is 0 Å². The van der Waals surface area contributed by atoms with Gasteiger partial charge in [0.05, 0.1) is 5.69 Å². The molecule has 1 aromatic heterocycles. The average molecular weight is 270 g/mol. The highest BCUT2D eigenvalue weighted by Gasteiger charge is 2.41. The molecule has 1 heterocycles. The number of nitrogens with zero attached hydrogens (tertiary/aromatic N) is 1. The van der Waals surface area contributed by atoms with Gasteiger partial charge in [-0.05, 0) is 48.9 Å². The topological polar surface area (TPSA) is 20.7 Å². The normalized spacial score (nSPS) is 28.9. The highest BCUT2D eigenvalue weighted by molar-refractivity contribution is 7.71. The van der Waals surface area contributed by atoms with Crippen molar-refractivity contribution in [1.29, 1.82) is 0 Å². The zero-order valence-corrected chi connectivity index (χ0v) is 11.7. The van der Waals surface area contributed by atoms with Gasteiger partial charge in [0, 0.05) is 12.2 Å². The Balaban J connectivity index is 1.80. The molecule has 3 heteroatoms. The molecule has 0 saturated heterocycles. The third-order valence-electron chi connectivity index (χ3n) is 4.91. The number of imidazole rings is 1. The van der Waals surface area contributed by atoms with E-state index in [9.17, 15) is 0 Å². The monoisotopic (exact) mass is 270 g/mol. The summed E-state index contributed by atoms with van der Waals surface area (Å²) in [4.78, 5) is 3.25. The minimum Gasteiger partial charge on any atom is -0.337 e. The van der Waals surface area contributed by atoms with E-state index in [2.05, 4.69) is 46.1 Å². The molecule has 0 spiro atoms. The summed E-state index contributed by atoms with van der Waals surface area (Å²) in [6.07, 6.45) is 7.61. The molecule has 2 aliphatic carbocycles. The van der Waals surface area contributed by atoms with E-state index >= 15 is 0 Å². The lowest BCUT2D eigenvalue weighted by Crippen LogP contribution is -2.17. The fraction of sp³-hybridized carbons (Fsp3) is 0.438. The van der Waals surface area contributed by atoms with Crippen LogP contribution in [0.25, 0.3) is 11.3 Å². The minimum atomic E-state index is 0.618. The molecule has 2 bridgehead atoms. The zero-order valence-electron chi connectivity index (χ0n) is 10.9. The van der Waals surface area contributed by atoms with Gasteiger partial charge in [-0.3, -0.25) is 0 Å². The SMILES string of the molecule is S=c1[nH]cc(-c2ccccc2)n1C1CC2CCC1C2. The van der Waals surface area contributed by atoms with E-state index in [4.69, 9.17) is 12.2 Å². The number of aromatic nitrogens is 2. The van der Waals surface area contributed by atoms with Crippen molar-refractivity contribution in [3.8, 4) is 11.3 Å². The number of H-pyrrole nitrogens is 1. The Kier molecular flexibility index (Phi) is 2.62. The molecule has 19 heavy (non-hydrogen) atoms. The second-order valence-electron chi connectivity index (χ2n) is 5.96. The molecule has 2 aromatic rings. The quantitative estimate of drug-likeness (QED) is 0.792. The van der Waals surface area contributed by atoms with Crippen LogP contribution in [0.4, 0.5) is 0 Å². The molecule has 98 valence electrons. The van der Waals surface area contributed by atoms with Crippen LogP contribution in [0.15, 0.2) is 36.5 Å². The molecule has 0 aliphatic heterocycles. The first-order valence-corrected chi connectivity index (χ1v) is 7.59. The van der Waals surface area contributed by atoms with Crippen LogP contribution in [0.3, 0.4) is 0 Å².